The van der Waals surface area contributed by atoms with Crippen molar-refractivity contribution in [2.24, 2.45) is 0 Å². The lowest BCUT2D eigenvalue weighted by Crippen LogP contribution is -2.27. The van der Waals surface area contributed by atoms with Crippen LogP contribution in [0, 0.1) is 13.8 Å². The van der Waals surface area contributed by atoms with Gasteiger partial charge in [-0.05, 0) is 56.7 Å². The molecule has 2 rings (SSSR count). The molecule has 38 heavy (non-hydrogen) atoms. The molecule has 11 heteroatoms. The predicted molar refractivity (Wildman–Crippen MR) is 150 cm³/mol. The Balaban J connectivity index is 0.000000544. The molecule has 0 aliphatic heterocycles. The third-order valence-corrected chi connectivity index (χ3v) is 6.24. The van der Waals surface area contributed by atoms with Crippen molar-refractivity contribution < 1.29 is 36.7 Å². The number of hydrogen-bond donors (Lipinski definition) is 2. The summed E-state index contributed by atoms with van der Waals surface area (Å²) in [7, 11) is -2.37. The van der Waals surface area contributed by atoms with Crippen molar-refractivity contribution in [1.82, 2.24) is 0 Å². The molecule has 0 radical (unpaired) electrons. The zero-order valence-electron chi connectivity index (χ0n) is 23.1. The first-order valence-corrected chi connectivity index (χ1v) is 14.1. The van der Waals surface area contributed by atoms with Gasteiger partial charge in [0.1, 0.15) is 0 Å². The lowest BCUT2D eigenvalue weighted by atomic mass is 10.1. The molecular weight excluding hydrogens is 512 g/mol. The summed E-state index contributed by atoms with van der Waals surface area (Å²) in [5.41, 5.74) is 9.94. The lowest BCUT2D eigenvalue weighted by molar-refractivity contribution is -0.00722. The van der Waals surface area contributed by atoms with Gasteiger partial charge in [0.05, 0.1) is 64.4 Å². The van der Waals surface area contributed by atoms with Crippen molar-refractivity contribution >= 4 is 21.5 Å². The highest BCUT2D eigenvalue weighted by atomic mass is 32.2. The summed E-state index contributed by atoms with van der Waals surface area (Å²) in [6, 6.07) is 12.1. The van der Waals surface area contributed by atoms with Gasteiger partial charge in [0, 0.05) is 31.6 Å². The summed E-state index contributed by atoms with van der Waals surface area (Å²) in [6.45, 7) is 13.1. The van der Waals surface area contributed by atoms with Crippen molar-refractivity contribution in [3.63, 3.8) is 0 Å². The Labute approximate surface area is 227 Å². The highest BCUT2D eigenvalue weighted by Gasteiger charge is 2.07. The summed E-state index contributed by atoms with van der Waals surface area (Å²) in [6.07, 6.45) is 0. The van der Waals surface area contributed by atoms with Gasteiger partial charge < -0.3 is 34.3 Å². The Bertz CT molecular complexity index is 987. The molecule has 2 aromatic rings. The van der Waals surface area contributed by atoms with E-state index in [2.05, 4.69) is 24.0 Å². The summed E-state index contributed by atoms with van der Waals surface area (Å²) < 4.78 is 56.3. The average Bonchev–Trinajstić information content (AvgIpc) is 2.88. The van der Waals surface area contributed by atoms with Gasteiger partial charge in [-0.1, -0.05) is 17.7 Å². The Morgan fingerprint density at radius 2 is 1.29 bits per heavy atom. The third-order valence-electron chi connectivity index (χ3n) is 5.37. The molecule has 0 atom stereocenters. The van der Waals surface area contributed by atoms with E-state index in [4.69, 9.17) is 34.0 Å². The highest BCUT2D eigenvalue weighted by molar-refractivity contribution is 7.85. The van der Waals surface area contributed by atoms with E-state index in [-0.39, 0.29) is 4.90 Å². The Kier molecular flexibility index (Phi) is 17.6. The molecule has 216 valence electrons. The molecule has 0 aromatic heterocycles. The van der Waals surface area contributed by atoms with E-state index in [1.54, 1.807) is 19.2 Å². The van der Waals surface area contributed by atoms with E-state index in [9.17, 15) is 8.42 Å². The van der Waals surface area contributed by atoms with Crippen molar-refractivity contribution in [3.05, 3.63) is 53.6 Å². The van der Waals surface area contributed by atoms with E-state index in [1.165, 1.54) is 17.8 Å². The molecule has 0 bridgehead atoms. The second-order valence-corrected chi connectivity index (χ2v) is 9.77. The Morgan fingerprint density at radius 3 is 1.74 bits per heavy atom. The van der Waals surface area contributed by atoms with Crippen LogP contribution in [0.25, 0.3) is 0 Å². The van der Waals surface area contributed by atoms with Crippen LogP contribution in [0.2, 0.25) is 0 Å². The number of anilines is 2. The van der Waals surface area contributed by atoms with Crippen LogP contribution >= 0.6 is 0 Å². The molecule has 0 spiro atoms. The van der Waals surface area contributed by atoms with Gasteiger partial charge in [-0.25, -0.2) is 0 Å². The number of nitrogens with two attached hydrogens (primary N) is 1. The van der Waals surface area contributed by atoms with Gasteiger partial charge in [-0.2, -0.15) is 8.42 Å². The first-order chi connectivity index (χ1) is 18.2. The average molecular weight is 557 g/mol. The van der Waals surface area contributed by atoms with Crippen LogP contribution in [-0.4, -0.2) is 92.6 Å². The number of aryl methyl sites for hydroxylation is 2. The third kappa shape index (κ3) is 15.2. The smallest absolute Gasteiger partial charge is 0.294 e. The number of nitrogen functional groups attached to an aromatic ring is 1. The van der Waals surface area contributed by atoms with E-state index in [1.807, 2.05) is 19.9 Å². The molecule has 0 aliphatic carbocycles. The lowest BCUT2D eigenvalue weighted by Gasteiger charge is -2.23. The fourth-order valence-corrected chi connectivity index (χ4v) is 3.60. The summed E-state index contributed by atoms with van der Waals surface area (Å²) in [5, 5.41) is 0. The van der Waals surface area contributed by atoms with E-state index in [0.29, 0.717) is 59.5 Å². The minimum atomic E-state index is -4.02. The molecule has 2 aromatic carbocycles. The van der Waals surface area contributed by atoms with Crippen LogP contribution in [-0.2, 0) is 33.8 Å². The molecule has 0 aliphatic rings. The number of hydrogen-bond acceptors (Lipinski definition) is 9. The van der Waals surface area contributed by atoms with E-state index >= 15 is 0 Å². The minimum absolute atomic E-state index is 0.0666. The van der Waals surface area contributed by atoms with E-state index < -0.39 is 10.1 Å². The minimum Gasteiger partial charge on any atom is -0.399 e. The Hall–Kier alpha value is -2.25. The van der Waals surface area contributed by atoms with Crippen molar-refractivity contribution in [3.8, 4) is 0 Å². The number of ether oxygens (including phenoxy) is 5. The zero-order valence-corrected chi connectivity index (χ0v) is 23.9. The van der Waals surface area contributed by atoms with Crippen molar-refractivity contribution in [1.29, 1.82) is 0 Å². The molecule has 0 heterocycles. The molecule has 0 saturated carbocycles. The van der Waals surface area contributed by atoms with Crippen LogP contribution in [0.3, 0.4) is 0 Å². The van der Waals surface area contributed by atoms with Crippen LogP contribution in [0.5, 0.6) is 0 Å². The number of likely N-dealkylation sites (N-methyl/N-ethyl adjacent to an activating group) is 1. The van der Waals surface area contributed by atoms with Crippen molar-refractivity contribution in [2.45, 2.75) is 25.7 Å². The van der Waals surface area contributed by atoms with Crippen LogP contribution in [0.4, 0.5) is 11.4 Å². The standard InChI is InChI=1S/C20H36N2O5.C7H8O3S/c1-4-22(19-5-6-20(21)18(2)17-19)7-8-24-11-12-26-15-16-27-14-13-25-10-9-23-3;1-6-2-4-7(5-3-6)11(8,9)10/h5-6,17H,4,7-16,21H2,1-3H3;2-5H,1H3,(H,8,9,10). The highest BCUT2D eigenvalue weighted by Crippen LogP contribution is 2.20. The summed E-state index contributed by atoms with van der Waals surface area (Å²) in [5.74, 6) is 0. The SMILES string of the molecule is CCN(CCOCCOCCOCCOCCOC)c1ccc(N)c(C)c1.Cc1ccc(S(=O)(=O)O)cc1. The van der Waals surface area contributed by atoms with Gasteiger partial charge in [0.2, 0.25) is 0 Å². The molecule has 3 N–H and O–H groups in total. The topological polar surface area (TPSA) is 130 Å². The second kappa shape index (κ2) is 19.8. The quantitative estimate of drug-likeness (QED) is 0.160. The fraction of sp³-hybridized carbons (Fsp3) is 0.556. The van der Waals surface area contributed by atoms with Gasteiger partial charge in [-0.15, -0.1) is 0 Å². The van der Waals surface area contributed by atoms with Gasteiger partial charge in [0.25, 0.3) is 10.1 Å². The van der Waals surface area contributed by atoms with Crippen LogP contribution < -0.4 is 10.6 Å². The monoisotopic (exact) mass is 556 g/mol. The summed E-state index contributed by atoms with van der Waals surface area (Å²) >= 11 is 0. The normalized spacial score (nSPS) is 11.2. The van der Waals surface area contributed by atoms with Gasteiger partial charge in [-0.3, -0.25) is 4.55 Å². The summed E-state index contributed by atoms with van der Waals surface area (Å²) in [4.78, 5) is 2.21. The first kappa shape index (κ1) is 33.8. The Morgan fingerprint density at radius 1 is 0.789 bits per heavy atom. The number of benzene rings is 2. The number of rotatable bonds is 18. The molecule has 0 unspecified atom stereocenters. The van der Waals surface area contributed by atoms with Crippen LogP contribution in [0.1, 0.15) is 18.1 Å². The molecule has 0 saturated heterocycles. The zero-order chi connectivity index (χ0) is 28.2. The maximum absolute atomic E-state index is 10.5. The van der Waals surface area contributed by atoms with Gasteiger partial charge >= 0.3 is 0 Å². The number of nitrogens with zero attached hydrogens (tertiary/aromatic N) is 1. The van der Waals surface area contributed by atoms with Gasteiger partial charge in [0.15, 0.2) is 0 Å². The van der Waals surface area contributed by atoms with Crippen LogP contribution in [0.15, 0.2) is 47.4 Å². The molecule has 10 nitrogen and oxygen atoms in total. The molecular formula is C27H44N2O8S. The van der Waals surface area contributed by atoms with E-state index in [0.717, 1.165) is 29.9 Å². The molecule has 0 fully saturated rings. The largest absolute Gasteiger partial charge is 0.399 e. The molecule has 0 amide bonds. The second-order valence-electron chi connectivity index (χ2n) is 8.35. The first-order valence-electron chi connectivity index (χ1n) is 12.6. The maximum atomic E-state index is 10.5. The van der Waals surface area contributed by atoms with Crippen molar-refractivity contribution in [2.75, 3.05) is 90.3 Å². The fourth-order valence-electron chi connectivity index (χ4n) is 3.12. The number of methoxy groups -OCH3 is 1. The maximum Gasteiger partial charge on any atom is 0.294 e. The predicted octanol–water partition coefficient (Wildman–Crippen LogP) is 3.36.